The van der Waals surface area contributed by atoms with Gasteiger partial charge in [-0.25, -0.2) is 0 Å². The van der Waals surface area contributed by atoms with E-state index in [-0.39, 0.29) is 11.9 Å². The lowest BCUT2D eigenvalue weighted by atomic mass is 9.93. The summed E-state index contributed by atoms with van der Waals surface area (Å²) in [6.07, 6.45) is 9.40. The van der Waals surface area contributed by atoms with Gasteiger partial charge in [0.05, 0.1) is 0 Å². The van der Waals surface area contributed by atoms with E-state index >= 15 is 0 Å². The molecule has 3 nitrogen and oxygen atoms in total. The Balaban J connectivity index is 1.55. The standard InChI is InChI=1S/C18H24N2O/c21-18(20-12-10-14-6-2-1-3-7-14)17-16-9-5-4-8-15(16)11-13-19-17/h4-6,8-9,17,19H,1-3,7,10-13H2,(H,20,21). The Kier molecular flexibility index (Phi) is 4.71. The highest BCUT2D eigenvalue weighted by molar-refractivity contribution is 5.83. The molecule has 0 saturated carbocycles. The first kappa shape index (κ1) is 14.3. The summed E-state index contributed by atoms with van der Waals surface area (Å²) in [6, 6.07) is 8.07. The highest BCUT2D eigenvalue weighted by Crippen LogP contribution is 2.23. The first-order valence-electron chi connectivity index (χ1n) is 8.11. The minimum Gasteiger partial charge on any atom is -0.354 e. The molecule has 21 heavy (non-hydrogen) atoms. The maximum absolute atomic E-state index is 12.4. The number of carbonyl (C=O) groups excluding carboxylic acids is 1. The Morgan fingerprint density at radius 1 is 1.24 bits per heavy atom. The van der Waals surface area contributed by atoms with Gasteiger partial charge in [0.25, 0.3) is 0 Å². The van der Waals surface area contributed by atoms with E-state index in [1.807, 2.05) is 6.07 Å². The molecule has 0 aromatic heterocycles. The van der Waals surface area contributed by atoms with Gasteiger partial charge in [-0.1, -0.05) is 35.9 Å². The predicted octanol–water partition coefficient (Wildman–Crippen LogP) is 2.88. The third-order valence-corrected chi connectivity index (χ3v) is 4.50. The summed E-state index contributed by atoms with van der Waals surface area (Å²) in [4.78, 5) is 12.4. The number of fused-ring (bicyclic) bond motifs is 1. The van der Waals surface area contributed by atoms with Gasteiger partial charge in [-0.2, -0.15) is 0 Å². The Morgan fingerprint density at radius 2 is 2.14 bits per heavy atom. The number of benzene rings is 1. The lowest BCUT2D eigenvalue weighted by Gasteiger charge is -2.26. The Bertz CT molecular complexity index is 536. The second-order valence-corrected chi connectivity index (χ2v) is 5.99. The van der Waals surface area contributed by atoms with E-state index in [9.17, 15) is 4.79 Å². The van der Waals surface area contributed by atoms with Gasteiger partial charge in [0, 0.05) is 13.1 Å². The number of amides is 1. The van der Waals surface area contributed by atoms with Crippen molar-refractivity contribution in [2.24, 2.45) is 0 Å². The number of carbonyl (C=O) groups is 1. The van der Waals surface area contributed by atoms with Crippen LogP contribution in [0.4, 0.5) is 0 Å². The molecule has 1 heterocycles. The smallest absolute Gasteiger partial charge is 0.241 e. The molecule has 112 valence electrons. The summed E-state index contributed by atoms with van der Waals surface area (Å²) >= 11 is 0. The monoisotopic (exact) mass is 284 g/mol. The van der Waals surface area contributed by atoms with Crippen molar-refractivity contribution < 1.29 is 4.79 Å². The minimum absolute atomic E-state index is 0.110. The zero-order valence-corrected chi connectivity index (χ0v) is 12.5. The van der Waals surface area contributed by atoms with Gasteiger partial charge in [0.2, 0.25) is 5.91 Å². The third kappa shape index (κ3) is 3.53. The van der Waals surface area contributed by atoms with E-state index in [0.29, 0.717) is 0 Å². The summed E-state index contributed by atoms with van der Waals surface area (Å²) in [5, 5.41) is 6.44. The number of nitrogens with one attached hydrogen (secondary N) is 2. The van der Waals surface area contributed by atoms with Gasteiger partial charge >= 0.3 is 0 Å². The Morgan fingerprint density at radius 3 is 3.00 bits per heavy atom. The van der Waals surface area contributed by atoms with Crippen LogP contribution in [0.3, 0.4) is 0 Å². The van der Waals surface area contributed by atoms with Gasteiger partial charge in [0.15, 0.2) is 0 Å². The van der Waals surface area contributed by atoms with Gasteiger partial charge < -0.3 is 10.6 Å². The van der Waals surface area contributed by atoms with Crippen LogP contribution in [0.2, 0.25) is 0 Å². The van der Waals surface area contributed by atoms with E-state index in [4.69, 9.17) is 0 Å². The summed E-state index contributed by atoms with van der Waals surface area (Å²) in [5.41, 5.74) is 3.95. The summed E-state index contributed by atoms with van der Waals surface area (Å²) in [6.45, 7) is 1.63. The number of allylic oxidation sites excluding steroid dienone is 1. The van der Waals surface area contributed by atoms with Crippen LogP contribution in [0.1, 0.15) is 49.3 Å². The fourth-order valence-corrected chi connectivity index (χ4v) is 3.32. The molecule has 0 radical (unpaired) electrons. The van der Waals surface area contributed by atoms with Crippen LogP contribution < -0.4 is 10.6 Å². The molecular formula is C18H24N2O. The van der Waals surface area contributed by atoms with Crippen molar-refractivity contribution in [2.75, 3.05) is 13.1 Å². The molecule has 0 saturated heterocycles. The molecule has 1 atom stereocenters. The van der Waals surface area contributed by atoms with Gasteiger partial charge in [-0.3, -0.25) is 4.79 Å². The van der Waals surface area contributed by atoms with Crippen LogP contribution in [0.25, 0.3) is 0 Å². The molecule has 1 aliphatic carbocycles. The number of hydrogen-bond acceptors (Lipinski definition) is 2. The second kappa shape index (κ2) is 6.90. The van der Waals surface area contributed by atoms with Gasteiger partial charge in [0.1, 0.15) is 6.04 Å². The number of rotatable bonds is 4. The van der Waals surface area contributed by atoms with Crippen molar-refractivity contribution in [3.63, 3.8) is 0 Å². The van der Waals surface area contributed by atoms with Gasteiger partial charge in [-0.15, -0.1) is 0 Å². The van der Waals surface area contributed by atoms with Crippen LogP contribution in [0.15, 0.2) is 35.9 Å². The molecule has 0 spiro atoms. The van der Waals surface area contributed by atoms with Gasteiger partial charge in [-0.05, 0) is 49.7 Å². The topological polar surface area (TPSA) is 41.1 Å². The van der Waals surface area contributed by atoms with E-state index in [0.717, 1.165) is 31.5 Å². The first-order chi connectivity index (χ1) is 10.3. The lowest BCUT2D eigenvalue weighted by Crippen LogP contribution is -2.41. The second-order valence-electron chi connectivity index (χ2n) is 5.99. The van der Waals surface area contributed by atoms with Crippen molar-refractivity contribution in [3.8, 4) is 0 Å². The van der Waals surface area contributed by atoms with E-state index < -0.39 is 0 Å². The van der Waals surface area contributed by atoms with Crippen LogP contribution in [-0.4, -0.2) is 19.0 Å². The van der Waals surface area contributed by atoms with Crippen LogP contribution in [0.5, 0.6) is 0 Å². The largest absolute Gasteiger partial charge is 0.354 e. The van der Waals surface area contributed by atoms with Crippen molar-refractivity contribution in [3.05, 3.63) is 47.0 Å². The highest BCUT2D eigenvalue weighted by Gasteiger charge is 2.25. The van der Waals surface area contributed by atoms with Crippen LogP contribution >= 0.6 is 0 Å². The fraction of sp³-hybridized carbons (Fsp3) is 0.500. The Hall–Kier alpha value is -1.61. The van der Waals surface area contributed by atoms with Crippen molar-refractivity contribution >= 4 is 5.91 Å². The molecule has 1 unspecified atom stereocenters. The molecule has 1 amide bonds. The zero-order valence-electron chi connectivity index (χ0n) is 12.5. The highest BCUT2D eigenvalue weighted by atomic mass is 16.2. The normalized spacial score (nSPS) is 21.3. The average Bonchev–Trinajstić information content (AvgIpc) is 2.55. The molecule has 3 rings (SSSR count). The molecule has 2 N–H and O–H groups in total. The first-order valence-corrected chi connectivity index (χ1v) is 8.11. The summed E-state index contributed by atoms with van der Waals surface area (Å²) in [7, 11) is 0. The number of hydrogen-bond donors (Lipinski definition) is 2. The minimum atomic E-state index is -0.185. The molecule has 1 aromatic rings. The molecule has 0 fully saturated rings. The molecule has 1 aromatic carbocycles. The predicted molar refractivity (Wildman–Crippen MR) is 85.1 cm³/mol. The van der Waals surface area contributed by atoms with Crippen molar-refractivity contribution in [1.82, 2.24) is 10.6 Å². The quantitative estimate of drug-likeness (QED) is 0.835. The van der Waals surface area contributed by atoms with E-state index in [2.05, 4.69) is 34.9 Å². The molecular weight excluding hydrogens is 260 g/mol. The zero-order chi connectivity index (χ0) is 14.5. The van der Waals surface area contributed by atoms with Crippen molar-refractivity contribution in [1.29, 1.82) is 0 Å². The molecule has 0 bridgehead atoms. The van der Waals surface area contributed by atoms with Crippen LogP contribution in [-0.2, 0) is 11.2 Å². The lowest BCUT2D eigenvalue weighted by molar-refractivity contribution is -0.123. The maximum Gasteiger partial charge on any atom is 0.241 e. The molecule has 2 aliphatic rings. The van der Waals surface area contributed by atoms with E-state index in [1.165, 1.54) is 36.8 Å². The summed E-state index contributed by atoms with van der Waals surface area (Å²) in [5.74, 6) is 0.110. The maximum atomic E-state index is 12.4. The average molecular weight is 284 g/mol. The third-order valence-electron chi connectivity index (χ3n) is 4.50. The summed E-state index contributed by atoms with van der Waals surface area (Å²) < 4.78 is 0. The SMILES string of the molecule is O=C(NCCC1=CCCCC1)C1NCCc2ccccc21. The molecule has 1 aliphatic heterocycles. The van der Waals surface area contributed by atoms with Crippen LogP contribution in [0, 0.1) is 0 Å². The Labute approximate surface area is 126 Å². The fourth-order valence-electron chi connectivity index (χ4n) is 3.32. The van der Waals surface area contributed by atoms with Crippen molar-refractivity contribution in [2.45, 2.75) is 44.6 Å². The van der Waals surface area contributed by atoms with E-state index in [1.54, 1.807) is 0 Å². The molecule has 3 heteroatoms.